The number of carbonyl (C=O) groups excluding carboxylic acids is 1. The lowest BCUT2D eigenvalue weighted by atomic mass is 9.77. The maximum Gasteiger partial charge on any atom is 0.352 e. The van der Waals surface area contributed by atoms with Crippen molar-refractivity contribution in [2.24, 2.45) is 10.9 Å². The number of esters is 1. The van der Waals surface area contributed by atoms with Gasteiger partial charge in [0.05, 0.1) is 18.0 Å². The molecule has 1 aliphatic rings. The van der Waals surface area contributed by atoms with Crippen LogP contribution in [0.4, 0.5) is 10.1 Å². The van der Waals surface area contributed by atoms with Crippen LogP contribution in [0.25, 0.3) is 0 Å². The van der Waals surface area contributed by atoms with Crippen LogP contribution < -0.4 is 0 Å². The molecule has 0 N–H and O–H groups in total. The summed E-state index contributed by atoms with van der Waals surface area (Å²) in [5, 5.41) is 0. The number of fused-ring (bicyclic) bond motifs is 1. The van der Waals surface area contributed by atoms with E-state index < -0.39 is 5.67 Å². The number of aliphatic imine (C=N–C) groups is 1. The van der Waals surface area contributed by atoms with Gasteiger partial charge in [-0.25, -0.2) is 14.2 Å². The van der Waals surface area contributed by atoms with E-state index in [1.54, 1.807) is 6.92 Å². The van der Waals surface area contributed by atoms with Crippen molar-refractivity contribution >= 4 is 17.4 Å². The Morgan fingerprint density at radius 2 is 2.15 bits per heavy atom. The fourth-order valence-corrected chi connectivity index (χ4v) is 3.30. The number of alkyl halides is 1. The highest BCUT2D eigenvalue weighted by atomic mass is 19.1. The van der Waals surface area contributed by atoms with Crippen molar-refractivity contribution in [3.8, 4) is 0 Å². The monoisotopic (exact) mass is 362 g/mol. The second-order valence-electron chi connectivity index (χ2n) is 7.45. The first kappa shape index (κ1) is 20.5. The first-order valence-electron chi connectivity index (χ1n) is 9.73. The first-order chi connectivity index (χ1) is 12.3. The predicted molar refractivity (Wildman–Crippen MR) is 103 cm³/mol. The Morgan fingerprint density at radius 1 is 1.42 bits per heavy atom. The van der Waals surface area contributed by atoms with E-state index in [1.807, 2.05) is 26.8 Å². The number of hydrogen-bond acceptors (Lipinski definition) is 4. The number of pyridine rings is 1. The molecule has 1 aromatic rings. The van der Waals surface area contributed by atoms with Gasteiger partial charge in [-0.3, -0.25) is 4.98 Å². The summed E-state index contributed by atoms with van der Waals surface area (Å²) in [6.45, 7) is 9.92. The largest absolute Gasteiger partial charge is 0.462 e. The summed E-state index contributed by atoms with van der Waals surface area (Å²) in [7, 11) is 0. The van der Waals surface area contributed by atoms with E-state index in [-0.39, 0.29) is 11.9 Å². The molecule has 1 atom stereocenters. The Bertz CT molecular complexity index is 685. The lowest BCUT2D eigenvalue weighted by Crippen LogP contribution is -2.36. The minimum Gasteiger partial charge on any atom is -0.462 e. The van der Waals surface area contributed by atoms with E-state index in [0.29, 0.717) is 43.7 Å². The van der Waals surface area contributed by atoms with Crippen LogP contribution in [0.2, 0.25) is 0 Å². The molecule has 0 fully saturated rings. The average molecular weight is 362 g/mol. The summed E-state index contributed by atoms with van der Waals surface area (Å²) in [5.74, 6) is -0.413. The third-order valence-electron chi connectivity index (χ3n) is 5.19. The molecular weight excluding hydrogens is 331 g/mol. The smallest absolute Gasteiger partial charge is 0.352 e. The molecule has 144 valence electrons. The summed E-state index contributed by atoms with van der Waals surface area (Å²) < 4.78 is 20.3. The van der Waals surface area contributed by atoms with Crippen molar-refractivity contribution in [3.05, 3.63) is 23.0 Å². The second-order valence-corrected chi connectivity index (χ2v) is 7.45. The summed E-state index contributed by atoms with van der Waals surface area (Å²) in [5.41, 5.74) is 2.52. The van der Waals surface area contributed by atoms with Crippen LogP contribution in [-0.4, -0.2) is 28.9 Å². The van der Waals surface area contributed by atoms with Gasteiger partial charge in [-0.05, 0) is 57.1 Å². The molecule has 5 heteroatoms. The second kappa shape index (κ2) is 8.74. The SMILES string of the molecule is CCCC/C(=N\c1cc2c(nc1C)CCC(F)(C(C)C)C2)C(=O)OCC. The number of hydrogen-bond donors (Lipinski definition) is 0. The van der Waals surface area contributed by atoms with Crippen molar-refractivity contribution in [1.82, 2.24) is 4.98 Å². The number of carbonyl (C=O) groups is 1. The third-order valence-corrected chi connectivity index (χ3v) is 5.19. The van der Waals surface area contributed by atoms with Crippen LogP contribution in [0.3, 0.4) is 0 Å². The van der Waals surface area contributed by atoms with Crippen LogP contribution in [0, 0.1) is 12.8 Å². The Labute approximate surface area is 156 Å². The lowest BCUT2D eigenvalue weighted by molar-refractivity contribution is -0.135. The fraction of sp³-hybridized carbons (Fsp3) is 0.667. The Balaban J connectivity index is 2.38. The Morgan fingerprint density at radius 3 is 2.77 bits per heavy atom. The number of halogens is 1. The van der Waals surface area contributed by atoms with Crippen LogP contribution in [0.5, 0.6) is 0 Å². The number of rotatable bonds is 7. The molecule has 1 heterocycles. The van der Waals surface area contributed by atoms with Gasteiger partial charge in [0.25, 0.3) is 0 Å². The quantitative estimate of drug-likeness (QED) is 0.503. The molecule has 0 amide bonds. The number of unbranched alkanes of at least 4 members (excludes halogenated alkanes) is 1. The number of aromatic nitrogens is 1. The highest BCUT2D eigenvalue weighted by molar-refractivity contribution is 6.37. The fourth-order valence-electron chi connectivity index (χ4n) is 3.30. The van der Waals surface area contributed by atoms with Gasteiger partial charge in [-0.2, -0.15) is 0 Å². The molecule has 0 saturated carbocycles. The van der Waals surface area contributed by atoms with Crippen LogP contribution >= 0.6 is 0 Å². The van der Waals surface area contributed by atoms with Gasteiger partial charge < -0.3 is 4.74 Å². The van der Waals surface area contributed by atoms with Crippen molar-refractivity contribution in [2.75, 3.05) is 6.61 Å². The predicted octanol–water partition coefficient (Wildman–Crippen LogP) is 5.07. The zero-order valence-electron chi connectivity index (χ0n) is 16.7. The molecule has 0 radical (unpaired) electrons. The topological polar surface area (TPSA) is 51.5 Å². The maximum absolute atomic E-state index is 15.1. The molecule has 26 heavy (non-hydrogen) atoms. The molecule has 0 saturated heterocycles. The summed E-state index contributed by atoms with van der Waals surface area (Å²) in [6, 6.07) is 1.92. The van der Waals surface area contributed by atoms with Gasteiger partial charge in [0.1, 0.15) is 11.4 Å². The van der Waals surface area contributed by atoms with E-state index in [9.17, 15) is 4.79 Å². The molecule has 4 nitrogen and oxygen atoms in total. The minimum absolute atomic E-state index is 0.0384. The Kier molecular flexibility index (Phi) is 6.90. The van der Waals surface area contributed by atoms with Gasteiger partial charge in [-0.1, -0.05) is 27.2 Å². The summed E-state index contributed by atoms with van der Waals surface area (Å²) in [4.78, 5) is 21.4. The van der Waals surface area contributed by atoms with Crippen LogP contribution in [-0.2, 0) is 22.4 Å². The van der Waals surface area contributed by atoms with Crippen LogP contribution in [0.1, 0.15) is 70.3 Å². The standard InChI is InChI=1S/C21H31FN2O2/c1-6-8-9-18(20(25)26-7-2)24-19-12-16-13-21(22,14(3)4)11-10-17(16)23-15(19)5/h12,14H,6-11,13H2,1-5H3/b24-18+. The van der Waals surface area contributed by atoms with Gasteiger partial charge in [0.15, 0.2) is 0 Å². The van der Waals surface area contributed by atoms with Crippen molar-refractivity contribution < 1.29 is 13.9 Å². The minimum atomic E-state index is -1.20. The molecule has 1 aliphatic carbocycles. The average Bonchev–Trinajstić information content (AvgIpc) is 2.59. The van der Waals surface area contributed by atoms with E-state index in [2.05, 4.69) is 16.9 Å². The maximum atomic E-state index is 15.1. The van der Waals surface area contributed by atoms with E-state index >= 15 is 4.39 Å². The van der Waals surface area contributed by atoms with E-state index in [0.717, 1.165) is 29.8 Å². The first-order valence-corrected chi connectivity index (χ1v) is 9.73. The van der Waals surface area contributed by atoms with Gasteiger partial charge >= 0.3 is 5.97 Å². The Hall–Kier alpha value is -1.78. The van der Waals surface area contributed by atoms with Crippen molar-refractivity contribution in [3.63, 3.8) is 0 Å². The number of nitrogens with zero attached hydrogens (tertiary/aromatic N) is 2. The van der Waals surface area contributed by atoms with Gasteiger partial charge in [-0.15, -0.1) is 0 Å². The highest BCUT2D eigenvalue weighted by Gasteiger charge is 2.38. The van der Waals surface area contributed by atoms with Gasteiger partial charge in [0.2, 0.25) is 0 Å². The number of aryl methyl sites for hydroxylation is 2. The van der Waals surface area contributed by atoms with Crippen LogP contribution in [0.15, 0.2) is 11.1 Å². The van der Waals surface area contributed by atoms with Gasteiger partial charge in [0, 0.05) is 12.1 Å². The van der Waals surface area contributed by atoms with Crippen molar-refractivity contribution in [2.45, 2.75) is 78.8 Å². The van der Waals surface area contributed by atoms with E-state index in [4.69, 9.17) is 4.74 Å². The molecule has 1 unspecified atom stereocenters. The molecule has 0 bridgehead atoms. The molecule has 0 spiro atoms. The highest BCUT2D eigenvalue weighted by Crippen LogP contribution is 2.38. The molecule has 0 aliphatic heterocycles. The third kappa shape index (κ3) is 4.68. The number of ether oxygens (including phenoxy) is 1. The molecular formula is C21H31FN2O2. The lowest BCUT2D eigenvalue weighted by Gasteiger charge is -2.34. The molecule has 2 rings (SSSR count). The summed E-state index contributed by atoms with van der Waals surface area (Å²) in [6.07, 6.45) is 3.94. The van der Waals surface area contributed by atoms with Crippen molar-refractivity contribution in [1.29, 1.82) is 0 Å². The normalized spacial score (nSPS) is 20.2. The van der Waals surface area contributed by atoms with E-state index in [1.165, 1.54) is 0 Å². The zero-order chi connectivity index (χ0) is 19.3. The molecule has 0 aromatic carbocycles. The summed E-state index contributed by atoms with van der Waals surface area (Å²) >= 11 is 0. The zero-order valence-corrected chi connectivity index (χ0v) is 16.7. The molecule has 1 aromatic heterocycles.